The molecule has 0 aliphatic heterocycles. The van der Waals surface area contributed by atoms with Crippen LogP contribution in [0.1, 0.15) is 284 Å². The van der Waals surface area contributed by atoms with E-state index in [0.29, 0.717) is 19.4 Å². The van der Waals surface area contributed by atoms with Crippen molar-refractivity contribution < 1.29 is 24.5 Å². The van der Waals surface area contributed by atoms with Crippen LogP contribution in [0.5, 0.6) is 0 Å². The Labute approximate surface area is 361 Å². The number of hydrogen-bond donors (Lipinski definition) is 3. The molecule has 0 rings (SSSR count). The molecule has 3 N–H and O–H groups in total. The lowest BCUT2D eigenvalue weighted by Crippen LogP contribution is -2.45. The van der Waals surface area contributed by atoms with Crippen LogP contribution in [0.3, 0.4) is 0 Å². The molecule has 0 aromatic carbocycles. The number of rotatable bonds is 48. The number of hydrogen-bond acceptors (Lipinski definition) is 5. The molecule has 58 heavy (non-hydrogen) atoms. The predicted octanol–water partition coefficient (Wildman–Crippen LogP) is 15.3. The van der Waals surface area contributed by atoms with Gasteiger partial charge in [-0.2, -0.15) is 0 Å². The van der Waals surface area contributed by atoms with Gasteiger partial charge in [-0.25, -0.2) is 0 Å². The lowest BCUT2D eigenvalue weighted by Gasteiger charge is -2.20. The van der Waals surface area contributed by atoms with E-state index in [9.17, 15) is 19.8 Å². The molecule has 344 valence electrons. The van der Waals surface area contributed by atoms with Crippen LogP contribution in [-0.2, 0) is 14.3 Å². The number of amides is 1. The molecule has 1 amide bonds. The average Bonchev–Trinajstić information content (AvgIpc) is 3.22. The van der Waals surface area contributed by atoms with E-state index in [2.05, 4.69) is 19.2 Å². The summed E-state index contributed by atoms with van der Waals surface area (Å²) < 4.78 is 5.47. The molecular formula is C52H101NO5. The highest BCUT2D eigenvalue weighted by atomic mass is 16.5. The Bertz CT molecular complexity index is 863. The first kappa shape index (κ1) is 56.6. The van der Waals surface area contributed by atoms with Crippen molar-refractivity contribution in [2.75, 3.05) is 13.2 Å². The van der Waals surface area contributed by atoms with Crippen molar-refractivity contribution in [2.45, 2.75) is 296 Å². The molecule has 0 aromatic heterocycles. The summed E-state index contributed by atoms with van der Waals surface area (Å²) in [6.45, 7) is 4.88. The normalized spacial score (nSPS) is 12.7. The Morgan fingerprint density at radius 2 is 0.793 bits per heavy atom. The van der Waals surface area contributed by atoms with Crippen LogP contribution < -0.4 is 5.32 Å². The Hall–Kier alpha value is -1.40. The minimum Gasteiger partial charge on any atom is -0.466 e. The summed E-state index contributed by atoms with van der Waals surface area (Å²) >= 11 is 0. The third-order valence-corrected chi connectivity index (χ3v) is 12.1. The van der Waals surface area contributed by atoms with Crippen LogP contribution in [0, 0.1) is 0 Å². The Balaban J connectivity index is 3.40. The molecule has 6 nitrogen and oxygen atoms in total. The average molecular weight is 820 g/mol. The second-order valence-electron chi connectivity index (χ2n) is 17.9. The van der Waals surface area contributed by atoms with Gasteiger partial charge in [-0.3, -0.25) is 9.59 Å². The number of carbonyl (C=O) groups is 2. The first-order chi connectivity index (χ1) is 28.5. The standard InChI is InChI=1S/C52H101NO5/c1-3-5-7-9-11-13-15-16-23-26-30-34-38-42-46-52(57)58-47-43-39-35-31-27-24-21-19-17-18-20-22-25-29-33-37-41-45-51(56)53-49(48-54)50(55)44-40-36-32-28-14-12-10-8-6-4-2/h40,44,49-50,54-55H,3-39,41-43,45-48H2,1-2H3,(H,53,56)/b44-40+. The summed E-state index contributed by atoms with van der Waals surface area (Å²) in [5, 5.41) is 22.9. The number of unbranched alkanes of at least 4 members (excludes halogenated alkanes) is 37. The quantitative estimate of drug-likeness (QED) is 0.0323. The molecule has 0 saturated heterocycles. The lowest BCUT2D eigenvalue weighted by molar-refractivity contribution is -0.143. The number of nitrogens with one attached hydrogen (secondary N) is 1. The van der Waals surface area contributed by atoms with Gasteiger partial charge in [0.15, 0.2) is 0 Å². The van der Waals surface area contributed by atoms with E-state index in [1.807, 2.05) is 6.08 Å². The third-order valence-electron chi connectivity index (χ3n) is 12.1. The van der Waals surface area contributed by atoms with Gasteiger partial charge in [0, 0.05) is 12.8 Å². The second-order valence-corrected chi connectivity index (χ2v) is 17.9. The molecule has 0 saturated carbocycles. The Kier molecular flexibility index (Phi) is 47.1. The maximum atomic E-state index is 12.4. The van der Waals surface area contributed by atoms with E-state index in [-0.39, 0.29) is 18.5 Å². The fourth-order valence-corrected chi connectivity index (χ4v) is 8.05. The van der Waals surface area contributed by atoms with Crippen LogP contribution in [0.4, 0.5) is 0 Å². The Morgan fingerprint density at radius 3 is 1.17 bits per heavy atom. The number of ether oxygens (including phenoxy) is 1. The van der Waals surface area contributed by atoms with Gasteiger partial charge in [0.25, 0.3) is 0 Å². The zero-order valence-corrected chi connectivity index (χ0v) is 39.0. The minimum absolute atomic E-state index is 0.00651. The molecule has 6 heteroatoms. The monoisotopic (exact) mass is 820 g/mol. The number of carbonyl (C=O) groups excluding carboxylic acids is 2. The van der Waals surface area contributed by atoms with Crippen molar-refractivity contribution in [2.24, 2.45) is 0 Å². The van der Waals surface area contributed by atoms with Crippen molar-refractivity contribution in [3.8, 4) is 0 Å². The summed E-state index contributed by atoms with van der Waals surface area (Å²) in [5.74, 6) is -0.0681. The highest BCUT2D eigenvalue weighted by Crippen LogP contribution is 2.16. The van der Waals surface area contributed by atoms with E-state index in [1.54, 1.807) is 6.08 Å². The van der Waals surface area contributed by atoms with Gasteiger partial charge in [0.2, 0.25) is 5.91 Å². The van der Waals surface area contributed by atoms with E-state index >= 15 is 0 Å². The smallest absolute Gasteiger partial charge is 0.305 e. The summed E-state index contributed by atoms with van der Waals surface area (Å²) in [6, 6.07) is -0.629. The van der Waals surface area contributed by atoms with Crippen LogP contribution >= 0.6 is 0 Å². The minimum atomic E-state index is -0.845. The van der Waals surface area contributed by atoms with Crippen LogP contribution in [0.25, 0.3) is 0 Å². The molecule has 0 heterocycles. The topological polar surface area (TPSA) is 95.9 Å². The molecule has 0 radical (unpaired) electrons. The molecule has 2 unspecified atom stereocenters. The molecule has 0 aromatic rings. The summed E-state index contributed by atoms with van der Waals surface area (Å²) in [6.07, 6.45) is 55.0. The number of aliphatic hydroxyl groups is 2. The molecule has 0 aliphatic carbocycles. The van der Waals surface area contributed by atoms with Gasteiger partial charge < -0.3 is 20.3 Å². The maximum absolute atomic E-state index is 12.4. The van der Waals surface area contributed by atoms with Gasteiger partial charge in [-0.15, -0.1) is 0 Å². The van der Waals surface area contributed by atoms with E-state index in [4.69, 9.17) is 4.74 Å². The summed E-state index contributed by atoms with van der Waals surface area (Å²) in [4.78, 5) is 24.4. The fourth-order valence-electron chi connectivity index (χ4n) is 8.05. The lowest BCUT2D eigenvalue weighted by atomic mass is 10.0. The first-order valence-corrected chi connectivity index (χ1v) is 26.0. The number of esters is 1. The molecule has 0 bridgehead atoms. The number of aliphatic hydroxyl groups excluding tert-OH is 2. The highest BCUT2D eigenvalue weighted by molar-refractivity contribution is 5.76. The van der Waals surface area contributed by atoms with Gasteiger partial charge in [-0.05, 0) is 32.1 Å². The largest absolute Gasteiger partial charge is 0.466 e. The van der Waals surface area contributed by atoms with Crippen molar-refractivity contribution in [1.82, 2.24) is 5.32 Å². The van der Waals surface area contributed by atoms with Crippen molar-refractivity contribution >= 4 is 11.9 Å². The highest BCUT2D eigenvalue weighted by Gasteiger charge is 2.18. The first-order valence-electron chi connectivity index (χ1n) is 26.0. The number of allylic oxidation sites excluding steroid dienone is 1. The van der Waals surface area contributed by atoms with Crippen molar-refractivity contribution in [1.29, 1.82) is 0 Å². The summed E-state index contributed by atoms with van der Waals surface area (Å²) in [5.41, 5.74) is 0. The van der Waals surface area contributed by atoms with Crippen LogP contribution in [-0.4, -0.2) is 47.4 Å². The van der Waals surface area contributed by atoms with Gasteiger partial charge in [0.1, 0.15) is 0 Å². The maximum Gasteiger partial charge on any atom is 0.305 e. The molecule has 0 spiro atoms. The van der Waals surface area contributed by atoms with Crippen LogP contribution in [0.2, 0.25) is 0 Å². The van der Waals surface area contributed by atoms with Crippen LogP contribution in [0.15, 0.2) is 12.2 Å². The van der Waals surface area contributed by atoms with E-state index in [0.717, 1.165) is 38.5 Å². The fraction of sp³-hybridized carbons (Fsp3) is 0.923. The Morgan fingerprint density at radius 1 is 0.466 bits per heavy atom. The van der Waals surface area contributed by atoms with E-state index < -0.39 is 12.1 Å². The zero-order chi connectivity index (χ0) is 42.3. The van der Waals surface area contributed by atoms with E-state index in [1.165, 1.54) is 218 Å². The van der Waals surface area contributed by atoms with Gasteiger partial charge in [-0.1, -0.05) is 251 Å². The van der Waals surface area contributed by atoms with Gasteiger partial charge in [0.05, 0.1) is 25.4 Å². The SMILES string of the molecule is CCCCCCCCCC/C=C/C(O)C(CO)NC(=O)CCCCCCCCCCCCCCCCCCCOC(=O)CCCCCCCCCCCCCCCC. The predicted molar refractivity (Wildman–Crippen MR) is 250 cm³/mol. The second kappa shape index (κ2) is 48.3. The third kappa shape index (κ3) is 44.2. The van der Waals surface area contributed by atoms with Gasteiger partial charge >= 0.3 is 5.97 Å². The molecular weight excluding hydrogens is 719 g/mol. The van der Waals surface area contributed by atoms with Crippen molar-refractivity contribution in [3.63, 3.8) is 0 Å². The molecule has 2 atom stereocenters. The van der Waals surface area contributed by atoms with Crippen molar-refractivity contribution in [3.05, 3.63) is 12.2 Å². The summed E-state index contributed by atoms with van der Waals surface area (Å²) in [7, 11) is 0. The zero-order valence-electron chi connectivity index (χ0n) is 39.0. The molecule has 0 fully saturated rings. The molecule has 0 aliphatic rings.